The summed E-state index contributed by atoms with van der Waals surface area (Å²) in [4.78, 5) is 11.0. The van der Waals surface area contributed by atoms with Crippen LogP contribution in [0.2, 0.25) is 0 Å². The summed E-state index contributed by atoms with van der Waals surface area (Å²) >= 11 is 2.39. The van der Waals surface area contributed by atoms with Gasteiger partial charge in [-0.3, -0.25) is 0 Å². The summed E-state index contributed by atoms with van der Waals surface area (Å²) < 4.78 is 41.2. The minimum Gasteiger partial charge on any atom is -0.478 e. The molecular weight excluding hydrogens is 329 g/mol. The molecule has 0 radical (unpaired) electrons. The Morgan fingerprint density at radius 1 is 1.42 bits per heavy atom. The summed E-state index contributed by atoms with van der Waals surface area (Å²) in [5, 5.41) is 8.95. The number of aliphatic carboxylic acids is 1. The lowest BCUT2D eigenvalue weighted by atomic mass is 9.99. The molecule has 0 fully saturated rings. The van der Waals surface area contributed by atoms with Crippen LogP contribution in [0.5, 0.6) is 5.75 Å². The number of rotatable bonds is 1. The number of hydrogen-bond donors (Lipinski definition) is 1. The molecule has 7 heteroatoms. The highest BCUT2D eigenvalue weighted by atomic mass is 79.9. The molecule has 1 atom stereocenters. The van der Waals surface area contributed by atoms with Crippen molar-refractivity contribution >= 4 is 28.0 Å². The molecule has 19 heavy (non-hydrogen) atoms. The fourth-order valence-electron chi connectivity index (χ4n) is 1.78. The Morgan fingerprint density at radius 3 is 2.58 bits per heavy atom. The number of benzene rings is 1. The van der Waals surface area contributed by atoms with Gasteiger partial charge in [0.15, 0.2) is 0 Å². The summed E-state index contributed by atoms with van der Waals surface area (Å²) in [6.07, 6.45) is -3.94. The molecule has 0 amide bonds. The summed E-state index contributed by atoms with van der Waals surface area (Å²) in [7, 11) is 0. The lowest BCUT2D eigenvalue weighted by Crippen LogP contribution is -2.49. The van der Waals surface area contributed by atoms with Gasteiger partial charge in [0.1, 0.15) is 11.3 Å². The van der Waals surface area contributed by atoms with Gasteiger partial charge in [-0.1, -0.05) is 18.2 Å². The molecule has 1 aliphatic heterocycles. The molecular formula is C12H8BrF3O3. The third-order valence-corrected chi connectivity index (χ3v) is 3.76. The number of carboxylic acids is 1. The number of aryl methyl sites for hydroxylation is 1. The highest BCUT2D eigenvalue weighted by molar-refractivity contribution is 9.10. The van der Waals surface area contributed by atoms with Crippen molar-refractivity contribution in [2.24, 2.45) is 0 Å². The van der Waals surface area contributed by atoms with Crippen LogP contribution in [0, 0.1) is 6.92 Å². The van der Waals surface area contributed by atoms with Crippen LogP contribution in [-0.4, -0.2) is 21.8 Å². The quantitative estimate of drug-likeness (QED) is 0.798. The third-order valence-electron chi connectivity index (χ3n) is 2.73. The Kier molecular flexibility index (Phi) is 3.12. The van der Waals surface area contributed by atoms with Gasteiger partial charge in [-0.15, -0.1) is 0 Å². The predicted octanol–water partition coefficient (Wildman–Crippen LogP) is 3.51. The Bertz CT molecular complexity index is 580. The molecule has 1 N–H and O–H groups in total. The van der Waals surface area contributed by atoms with Crippen molar-refractivity contribution in [3.63, 3.8) is 0 Å². The number of carbonyl (C=O) groups is 1. The first-order valence-corrected chi connectivity index (χ1v) is 5.96. The molecule has 0 saturated carbocycles. The predicted molar refractivity (Wildman–Crippen MR) is 65.1 cm³/mol. The second-order valence-electron chi connectivity index (χ2n) is 4.05. The van der Waals surface area contributed by atoms with Gasteiger partial charge < -0.3 is 9.84 Å². The van der Waals surface area contributed by atoms with Crippen LogP contribution in [0.3, 0.4) is 0 Å². The van der Waals surface area contributed by atoms with E-state index in [0.717, 1.165) is 6.08 Å². The van der Waals surface area contributed by atoms with Gasteiger partial charge >= 0.3 is 12.1 Å². The maximum atomic E-state index is 13.1. The highest BCUT2D eigenvalue weighted by Crippen LogP contribution is 2.49. The lowest BCUT2D eigenvalue weighted by Gasteiger charge is -2.35. The first kappa shape index (κ1) is 13.9. The zero-order valence-electron chi connectivity index (χ0n) is 9.58. The lowest BCUT2D eigenvalue weighted by molar-refractivity contribution is -0.198. The standard InChI is InChI=1S/C12H8BrF3O3/c1-6-3-2-4-7-5-8(10(17)18)11(13,12(14,15)16)19-9(6)7/h2-5H,1H3,(H,17,18). The van der Waals surface area contributed by atoms with E-state index >= 15 is 0 Å². The van der Waals surface area contributed by atoms with Gasteiger partial charge in [0.05, 0.1) is 0 Å². The summed E-state index contributed by atoms with van der Waals surface area (Å²) in [5.41, 5.74) is -0.110. The number of ether oxygens (including phenoxy) is 1. The number of hydrogen-bond acceptors (Lipinski definition) is 2. The summed E-state index contributed by atoms with van der Waals surface area (Å²) in [6.45, 7) is 1.59. The first-order valence-electron chi connectivity index (χ1n) is 5.16. The largest absolute Gasteiger partial charge is 0.478 e. The van der Waals surface area contributed by atoms with Gasteiger partial charge in [0.2, 0.25) is 0 Å². The van der Waals surface area contributed by atoms with Gasteiger partial charge in [-0.2, -0.15) is 13.2 Å². The van der Waals surface area contributed by atoms with Gasteiger partial charge in [-0.05, 0) is 34.5 Å². The van der Waals surface area contributed by atoms with Crippen molar-refractivity contribution in [3.8, 4) is 5.75 Å². The monoisotopic (exact) mass is 336 g/mol. The average molecular weight is 337 g/mol. The van der Waals surface area contributed by atoms with Crippen LogP contribution in [0.15, 0.2) is 23.8 Å². The zero-order valence-corrected chi connectivity index (χ0v) is 11.2. The van der Waals surface area contributed by atoms with Crippen molar-refractivity contribution < 1.29 is 27.8 Å². The second-order valence-corrected chi connectivity index (χ2v) is 5.17. The fraction of sp³-hybridized carbons (Fsp3) is 0.250. The van der Waals surface area contributed by atoms with Crippen molar-refractivity contribution in [3.05, 3.63) is 34.9 Å². The number of carboxylic acid groups (broad SMARTS) is 1. The molecule has 1 aromatic rings. The Labute approximate surface area is 114 Å². The van der Waals surface area contributed by atoms with Crippen molar-refractivity contribution in [1.29, 1.82) is 0 Å². The van der Waals surface area contributed by atoms with Crippen LogP contribution in [0.25, 0.3) is 6.08 Å². The number of halogens is 4. The maximum absolute atomic E-state index is 13.1. The molecule has 1 aliphatic rings. The average Bonchev–Trinajstić information content (AvgIpc) is 2.28. The van der Waals surface area contributed by atoms with E-state index in [0.29, 0.717) is 11.1 Å². The van der Waals surface area contributed by atoms with Crippen LogP contribution >= 0.6 is 15.9 Å². The van der Waals surface area contributed by atoms with Crippen molar-refractivity contribution in [1.82, 2.24) is 0 Å². The smallest absolute Gasteiger partial charge is 0.443 e. The van der Waals surface area contributed by atoms with E-state index in [9.17, 15) is 18.0 Å². The Balaban J connectivity index is 2.69. The summed E-state index contributed by atoms with van der Waals surface area (Å²) in [5.74, 6) is -1.68. The van der Waals surface area contributed by atoms with E-state index in [-0.39, 0.29) is 5.75 Å². The topological polar surface area (TPSA) is 46.5 Å². The van der Waals surface area contributed by atoms with Crippen molar-refractivity contribution in [2.75, 3.05) is 0 Å². The molecule has 2 rings (SSSR count). The molecule has 0 saturated heterocycles. The van der Waals surface area contributed by atoms with Gasteiger partial charge in [0.25, 0.3) is 4.51 Å². The van der Waals surface area contributed by atoms with E-state index in [2.05, 4.69) is 15.9 Å². The highest BCUT2D eigenvalue weighted by Gasteiger charge is 2.62. The maximum Gasteiger partial charge on any atom is 0.443 e. The molecule has 0 bridgehead atoms. The molecule has 102 valence electrons. The molecule has 1 unspecified atom stereocenters. The van der Waals surface area contributed by atoms with Gasteiger partial charge in [0, 0.05) is 5.56 Å². The minimum atomic E-state index is -4.91. The normalized spacial score (nSPS) is 22.3. The molecule has 3 nitrogen and oxygen atoms in total. The van der Waals surface area contributed by atoms with Gasteiger partial charge in [-0.25, -0.2) is 4.79 Å². The van der Waals surface area contributed by atoms with Crippen LogP contribution in [-0.2, 0) is 4.79 Å². The van der Waals surface area contributed by atoms with E-state index in [1.165, 1.54) is 6.07 Å². The molecule has 0 spiro atoms. The van der Waals surface area contributed by atoms with E-state index in [4.69, 9.17) is 9.84 Å². The SMILES string of the molecule is Cc1cccc2c1OC(Br)(C(F)(F)F)C(C(=O)O)=C2. The van der Waals surface area contributed by atoms with E-state index < -0.39 is 22.2 Å². The number of para-hydroxylation sites is 1. The summed E-state index contributed by atoms with van der Waals surface area (Å²) in [6, 6.07) is 4.69. The van der Waals surface area contributed by atoms with Crippen LogP contribution in [0.4, 0.5) is 13.2 Å². The Morgan fingerprint density at radius 2 is 2.05 bits per heavy atom. The Hall–Kier alpha value is -1.50. The van der Waals surface area contributed by atoms with E-state index in [1.54, 1.807) is 19.1 Å². The minimum absolute atomic E-state index is 0.0155. The van der Waals surface area contributed by atoms with Crippen LogP contribution in [0.1, 0.15) is 11.1 Å². The molecule has 0 aromatic heterocycles. The fourth-order valence-corrected chi connectivity index (χ4v) is 2.23. The van der Waals surface area contributed by atoms with Crippen molar-refractivity contribution in [2.45, 2.75) is 17.6 Å². The second kappa shape index (κ2) is 4.26. The van der Waals surface area contributed by atoms with Crippen LogP contribution < -0.4 is 4.74 Å². The first-order chi connectivity index (χ1) is 8.67. The molecule has 1 aromatic carbocycles. The molecule has 1 heterocycles. The molecule has 0 aliphatic carbocycles. The number of alkyl halides is 4. The number of fused-ring (bicyclic) bond motifs is 1. The third kappa shape index (κ3) is 2.11. The van der Waals surface area contributed by atoms with E-state index in [1.807, 2.05) is 0 Å². The zero-order chi connectivity index (χ0) is 14.4.